The second kappa shape index (κ2) is 11.1. The Bertz CT molecular complexity index is 958. The predicted octanol–water partition coefficient (Wildman–Crippen LogP) is 4.66. The lowest BCUT2D eigenvalue weighted by Gasteiger charge is -2.31. The third-order valence-electron chi connectivity index (χ3n) is 5.92. The number of halogens is 1. The zero-order chi connectivity index (χ0) is 23.1. The van der Waals surface area contributed by atoms with Crippen molar-refractivity contribution in [2.45, 2.75) is 64.1 Å². The van der Waals surface area contributed by atoms with Gasteiger partial charge in [0.05, 0.1) is 11.3 Å². The minimum Gasteiger partial charge on any atom is -0.352 e. The van der Waals surface area contributed by atoms with Crippen molar-refractivity contribution in [3.05, 3.63) is 74.8 Å². The maximum Gasteiger partial charge on any atom is 0.273 e. The number of nitro benzene ring substituents is 1. The molecule has 0 unspecified atom stereocenters. The van der Waals surface area contributed by atoms with E-state index in [0.717, 1.165) is 31.2 Å². The molecule has 0 aromatic heterocycles. The average Bonchev–Trinajstić information content (AvgIpc) is 2.79. The van der Waals surface area contributed by atoms with Gasteiger partial charge in [-0.2, -0.15) is 0 Å². The topological polar surface area (TPSA) is 92.6 Å². The Morgan fingerprint density at radius 2 is 1.78 bits per heavy atom. The molecule has 0 radical (unpaired) electrons. The number of hydrogen-bond acceptors (Lipinski definition) is 4. The summed E-state index contributed by atoms with van der Waals surface area (Å²) in [6.07, 6.45) is 5.08. The van der Waals surface area contributed by atoms with Gasteiger partial charge in [0.1, 0.15) is 6.04 Å². The lowest BCUT2D eigenvalue weighted by molar-refractivity contribution is -0.385. The highest BCUT2D eigenvalue weighted by Crippen LogP contribution is 2.22. The van der Waals surface area contributed by atoms with Gasteiger partial charge in [0, 0.05) is 29.2 Å². The van der Waals surface area contributed by atoms with Crippen LogP contribution in [-0.4, -0.2) is 33.7 Å². The largest absolute Gasteiger partial charge is 0.352 e. The highest BCUT2D eigenvalue weighted by Gasteiger charge is 2.29. The Kier molecular flexibility index (Phi) is 8.22. The van der Waals surface area contributed by atoms with E-state index >= 15 is 0 Å². The van der Waals surface area contributed by atoms with Crippen molar-refractivity contribution < 1.29 is 14.5 Å². The summed E-state index contributed by atoms with van der Waals surface area (Å²) in [6, 6.07) is 12.7. The van der Waals surface area contributed by atoms with Crippen molar-refractivity contribution in [1.29, 1.82) is 0 Å². The standard InChI is InChI=1S/C24H28ClN3O4/c1-17(24(30)26-21-8-3-2-4-9-21)27(16-18-11-13-20(25)14-12-18)23(29)15-19-7-5-6-10-22(19)28(31)32/h5-7,10-14,17,21H,2-4,8-9,15-16H2,1H3,(H,26,30)/t17-/m0/s1. The quantitative estimate of drug-likeness (QED) is 0.461. The van der Waals surface area contributed by atoms with Gasteiger partial charge in [0.15, 0.2) is 0 Å². The molecule has 0 spiro atoms. The van der Waals surface area contributed by atoms with E-state index in [4.69, 9.17) is 11.6 Å². The molecule has 0 saturated heterocycles. The van der Waals surface area contributed by atoms with Crippen LogP contribution in [0.5, 0.6) is 0 Å². The lowest BCUT2D eigenvalue weighted by atomic mass is 9.95. The van der Waals surface area contributed by atoms with E-state index in [-0.39, 0.29) is 36.5 Å². The van der Waals surface area contributed by atoms with Crippen LogP contribution in [0.25, 0.3) is 0 Å². The molecule has 1 atom stereocenters. The Labute approximate surface area is 192 Å². The zero-order valence-electron chi connectivity index (χ0n) is 18.1. The number of nitrogens with one attached hydrogen (secondary N) is 1. The molecular weight excluding hydrogens is 430 g/mol. The van der Waals surface area contributed by atoms with Gasteiger partial charge in [-0.1, -0.05) is 61.2 Å². The summed E-state index contributed by atoms with van der Waals surface area (Å²) < 4.78 is 0. The number of nitrogens with zero attached hydrogens (tertiary/aromatic N) is 2. The van der Waals surface area contributed by atoms with Crippen LogP contribution in [0.1, 0.15) is 50.2 Å². The van der Waals surface area contributed by atoms with Crippen LogP contribution in [0, 0.1) is 10.1 Å². The maximum atomic E-state index is 13.3. The second-order valence-corrected chi connectivity index (χ2v) is 8.67. The van der Waals surface area contributed by atoms with Gasteiger partial charge < -0.3 is 10.2 Å². The Morgan fingerprint density at radius 1 is 1.12 bits per heavy atom. The molecule has 32 heavy (non-hydrogen) atoms. The van der Waals surface area contributed by atoms with E-state index < -0.39 is 11.0 Å². The summed E-state index contributed by atoms with van der Waals surface area (Å²) in [4.78, 5) is 38.6. The van der Waals surface area contributed by atoms with Crippen LogP contribution in [0.15, 0.2) is 48.5 Å². The van der Waals surface area contributed by atoms with E-state index in [9.17, 15) is 19.7 Å². The normalized spacial score (nSPS) is 15.1. The number of carbonyl (C=O) groups is 2. The summed E-state index contributed by atoms with van der Waals surface area (Å²) in [5, 5.41) is 15.0. The average molecular weight is 458 g/mol. The summed E-state index contributed by atoms with van der Waals surface area (Å²) in [5.74, 6) is -0.553. The monoisotopic (exact) mass is 457 g/mol. The summed E-state index contributed by atoms with van der Waals surface area (Å²) in [5.41, 5.74) is 1.04. The van der Waals surface area contributed by atoms with E-state index in [1.807, 2.05) is 0 Å². The zero-order valence-corrected chi connectivity index (χ0v) is 18.9. The molecule has 2 amide bonds. The van der Waals surface area contributed by atoms with E-state index in [1.165, 1.54) is 17.4 Å². The SMILES string of the molecule is C[C@@H](C(=O)NC1CCCCC1)N(Cc1ccc(Cl)cc1)C(=O)Cc1ccccc1[N+](=O)[O-]. The number of hydrogen-bond donors (Lipinski definition) is 1. The maximum absolute atomic E-state index is 13.3. The molecule has 170 valence electrons. The number of nitro groups is 1. The van der Waals surface area contributed by atoms with Gasteiger partial charge in [0.2, 0.25) is 11.8 Å². The van der Waals surface area contributed by atoms with Gasteiger partial charge in [-0.15, -0.1) is 0 Å². The van der Waals surface area contributed by atoms with Crippen molar-refractivity contribution in [2.24, 2.45) is 0 Å². The van der Waals surface area contributed by atoms with Crippen LogP contribution < -0.4 is 5.32 Å². The van der Waals surface area contributed by atoms with Crippen molar-refractivity contribution in [3.63, 3.8) is 0 Å². The lowest BCUT2D eigenvalue weighted by Crippen LogP contribution is -2.50. The fourth-order valence-electron chi connectivity index (χ4n) is 4.04. The van der Waals surface area contributed by atoms with Crippen LogP contribution in [-0.2, 0) is 22.6 Å². The summed E-state index contributed by atoms with van der Waals surface area (Å²) >= 11 is 5.98. The van der Waals surface area contributed by atoms with Crippen molar-refractivity contribution >= 4 is 29.1 Å². The summed E-state index contributed by atoms with van der Waals surface area (Å²) in [7, 11) is 0. The molecule has 1 aliphatic carbocycles. The Balaban J connectivity index is 1.80. The second-order valence-electron chi connectivity index (χ2n) is 8.23. The summed E-state index contributed by atoms with van der Waals surface area (Å²) in [6.45, 7) is 1.90. The predicted molar refractivity (Wildman–Crippen MR) is 123 cm³/mol. The van der Waals surface area contributed by atoms with Gasteiger partial charge in [0.25, 0.3) is 5.69 Å². The van der Waals surface area contributed by atoms with Crippen LogP contribution in [0.2, 0.25) is 5.02 Å². The number of benzene rings is 2. The fourth-order valence-corrected chi connectivity index (χ4v) is 4.17. The molecule has 8 heteroatoms. The van der Waals surface area contributed by atoms with Crippen molar-refractivity contribution in [1.82, 2.24) is 10.2 Å². The molecule has 0 aliphatic heterocycles. The molecule has 1 N–H and O–H groups in total. The Morgan fingerprint density at radius 3 is 2.44 bits per heavy atom. The minimum absolute atomic E-state index is 0.105. The first kappa shape index (κ1) is 23.7. The van der Waals surface area contributed by atoms with E-state index in [2.05, 4.69) is 5.32 Å². The van der Waals surface area contributed by atoms with Crippen LogP contribution in [0.4, 0.5) is 5.69 Å². The van der Waals surface area contributed by atoms with Crippen molar-refractivity contribution in [3.8, 4) is 0 Å². The van der Waals surface area contributed by atoms with Gasteiger partial charge in [-0.3, -0.25) is 19.7 Å². The van der Waals surface area contributed by atoms with Crippen LogP contribution >= 0.6 is 11.6 Å². The molecule has 1 aliphatic rings. The molecular formula is C24H28ClN3O4. The molecule has 0 bridgehead atoms. The first-order chi connectivity index (χ1) is 15.3. The third kappa shape index (κ3) is 6.29. The van der Waals surface area contributed by atoms with Crippen LogP contribution in [0.3, 0.4) is 0 Å². The molecule has 1 fully saturated rings. The van der Waals surface area contributed by atoms with Gasteiger partial charge in [-0.05, 0) is 37.5 Å². The fraction of sp³-hybridized carbons (Fsp3) is 0.417. The van der Waals surface area contributed by atoms with Crippen molar-refractivity contribution in [2.75, 3.05) is 0 Å². The number of amides is 2. The van der Waals surface area contributed by atoms with E-state index in [1.54, 1.807) is 49.4 Å². The first-order valence-electron chi connectivity index (χ1n) is 10.9. The number of para-hydroxylation sites is 1. The molecule has 7 nitrogen and oxygen atoms in total. The molecule has 3 rings (SSSR count). The van der Waals surface area contributed by atoms with Gasteiger partial charge >= 0.3 is 0 Å². The highest BCUT2D eigenvalue weighted by atomic mass is 35.5. The highest BCUT2D eigenvalue weighted by molar-refractivity contribution is 6.30. The Hall–Kier alpha value is -2.93. The minimum atomic E-state index is -0.720. The van der Waals surface area contributed by atoms with Gasteiger partial charge in [-0.25, -0.2) is 0 Å². The molecule has 0 heterocycles. The molecule has 1 saturated carbocycles. The molecule has 2 aromatic rings. The molecule has 2 aromatic carbocycles. The first-order valence-corrected chi connectivity index (χ1v) is 11.3. The third-order valence-corrected chi connectivity index (χ3v) is 6.17. The number of carbonyl (C=O) groups excluding carboxylic acids is 2. The number of rotatable bonds is 8. The smallest absolute Gasteiger partial charge is 0.273 e. The van der Waals surface area contributed by atoms with E-state index in [0.29, 0.717) is 10.6 Å².